The van der Waals surface area contributed by atoms with Crippen LogP contribution in [0.3, 0.4) is 0 Å². The topological polar surface area (TPSA) is 132 Å². The number of halogens is 1. The molecule has 0 spiro atoms. The Balaban J connectivity index is 1.35. The molecule has 0 bridgehead atoms. The minimum absolute atomic E-state index is 0.0121. The van der Waals surface area contributed by atoms with Gasteiger partial charge in [0.2, 0.25) is 23.6 Å². The lowest BCUT2D eigenvalue weighted by Crippen LogP contribution is -2.49. The van der Waals surface area contributed by atoms with E-state index in [1.807, 2.05) is 61.5 Å². The number of rotatable bonds is 8. The highest BCUT2D eigenvalue weighted by molar-refractivity contribution is 6.00. The Hall–Kier alpha value is -5.04. The molecule has 3 atom stereocenters. The first-order valence-corrected chi connectivity index (χ1v) is 17.3. The molecule has 12 nitrogen and oxygen atoms in total. The first kappa shape index (κ1) is 37.2. The van der Waals surface area contributed by atoms with E-state index >= 15 is 0 Å². The van der Waals surface area contributed by atoms with E-state index in [-0.39, 0.29) is 74.0 Å². The van der Waals surface area contributed by atoms with Crippen LogP contribution < -0.4 is 15.4 Å². The molecular formula is C38H47FN6O6. The predicted octanol–water partition coefficient (Wildman–Crippen LogP) is 2.45. The van der Waals surface area contributed by atoms with E-state index in [0.717, 1.165) is 28.9 Å². The van der Waals surface area contributed by atoms with E-state index in [0.29, 0.717) is 19.4 Å². The van der Waals surface area contributed by atoms with Crippen molar-refractivity contribution in [3.05, 3.63) is 77.6 Å². The van der Waals surface area contributed by atoms with Crippen LogP contribution in [0, 0.1) is 5.82 Å². The molecule has 2 aliphatic heterocycles. The van der Waals surface area contributed by atoms with E-state index in [1.165, 1.54) is 36.0 Å². The molecule has 0 radical (unpaired) electrons. The van der Waals surface area contributed by atoms with Crippen molar-refractivity contribution in [2.75, 3.05) is 61.0 Å². The second kappa shape index (κ2) is 16.8. The number of carbonyl (C=O) groups excluding carboxylic acids is 5. The Morgan fingerprint density at radius 3 is 2.55 bits per heavy atom. The first-order chi connectivity index (χ1) is 24.4. The van der Waals surface area contributed by atoms with Crippen LogP contribution >= 0.6 is 0 Å². The molecule has 2 N–H and O–H groups in total. The number of likely N-dealkylation sites (N-methyl/N-ethyl adjacent to an activating group) is 2. The summed E-state index contributed by atoms with van der Waals surface area (Å²) >= 11 is 0. The maximum Gasteiger partial charge on any atom is 0.258 e. The Bertz CT molecular complexity index is 1760. The molecule has 3 aromatic rings. The molecule has 5 rings (SSSR count). The minimum Gasteiger partial charge on any atom is -0.491 e. The van der Waals surface area contributed by atoms with Crippen LogP contribution in [-0.2, 0) is 25.6 Å². The zero-order valence-electron chi connectivity index (χ0n) is 29.7. The Labute approximate surface area is 297 Å². The van der Waals surface area contributed by atoms with Gasteiger partial charge in [0.1, 0.15) is 24.2 Å². The minimum atomic E-state index is -1.03. The monoisotopic (exact) mass is 702 g/mol. The molecule has 2 heterocycles. The second-order valence-corrected chi connectivity index (χ2v) is 13.6. The highest BCUT2D eigenvalue weighted by atomic mass is 19.1. The molecular weight excluding hydrogens is 655 g/mol. The highest BCUT2D eigenvalue weighted by Gasteiger charge is 2.38. The van der Waals surface area contributed by atoms with Gasteiger partial charge in [-0.3, -0.25) is 24.0 Å². The fraction of sp³-hybridized carbons (Fsp3) is 0.447. The fourth-order valence-electron chi connectivity index (χ4n) is 6.75. The van der Waals surface area contributed by atoms with Gasteiger partial charge in [0, 0.05) is 39.6 Å². The van der Waals surface area contributed by atoms with Crippen LogP contribution in [-0.4, -0.2) is 128 Å². The summed E-state index contributed by atoms with van der Waals surface area (Å²) in [4.78, 5) is 73.6. The second-order valence-electron chi connectivity index (χ2n) is 13.6. The Morgan fingerprint density at radius 1 is 1.00 bits per heavy atom. The van der Waals surface area contributed by atoms with Crippen LogP contribution in [0.5, 0.6) is 5.75 Å². The molecule has 13 heteroatoms. The van der Waals surface area contributed by atoms with E-state index in [2.05, 4.69) is 10.6 Å². The molecule has 51 heavy (non-hydrogen) atoms. The number of benzene rings is 3. The number of nitrogens with one attached hydrogen (secondary N) is 2. The molecule has 0 aliphatic carbocycles. The number of amides is 5. The van der Waals surface area contributed by atoms with E-state index in [4.69, 9.17) is 4.74 Å². The van der Waals surface area contributed by atoms with Gasteiger partial charge >= 0.3 is 0 Å². The number of hydrogen-bond donors (Lipinski definition) is 2. The molecule has 3 aromatic carbocycles. The number of fused-ring (bicyclic) bond motifs is 3. The molecule has 1 saturated heterocycles. The van der Waals surface area contributed by atoms with Gasteiger partial charge in [-0.1, -0.05) is 42.5 Å². The lowest BCUT2D eigenvalue weighted by molar-refractivity contribution is -0.140. The zero-order chi connectivity index (χ0) is 36.7. The maximum atomic E-state index is 14.6. The fourth-order valence-corrected chi connectivity index (χ4v) is 6.75. The molecule has 5 amide bonds. The van der Waals surface area contributed by atoms with Crippen molar-refractivity contribution in [1.82, 2.24) is 30.2 Å². The van der Waals surface area contributed by atoms with Gasteiger partial charge in [-0.25, -0.2) is 4.39 Å². The van der Waals surface area contributed by atoms with Gasteiger partial charge in [0.15, 0.2) is 0 Å². The average Bonchev–Trinajstić information content (AvgIpc) is 3.51. The Kier molecular flexibility index (Phi) is 12.2. The average molecular weight is 703 g/mol. The lowest BCUT2D eigenvalue weighted by atomic mass is 10.0. The number of carbonyl (C=O) groups is 5. The molecule has 1 fully saturated rings. The van der Waals surface area contributed by atoms with E-state index < -0.39 is 29.7 Å². The normalized spacial score (nSPS) is 20.4. The quantitative estimate of drug-likeness (QED) is 0.345. The summed E-state index contributed by atoms with van der Waals surface area (Å²) in [5.74, 6) is -2.54. The maximum absolute atomic E-state index is 14.6. The summed E-state index contributed by atoms with van der Waals surface area (Å²) in [5, 5.41) is 7.96. The Morgan fingerprint density at radius 2 is 1.76 bits per heavy atom. The lowest BCUT2D eigenvalue weighted by Gasteiger charge is -2.28. The van der Waals surface area contributed by atoms with Crippen LogP contribution in [0.4, 0.5) is 4.39 Å². The van der Waals surface area contributed by atoms with Gasteiger partial charge in [-0.15, -0.1) is 0 Å². The molecule has 0 saturated carbocycles. The van der Waals surface area contributed by atoms with Crippen molar-refractivity contribution in [2.45, 2.75) is 50.2 Å². The van der Waals surface area contributed by atoms with Crippen molar-refractivity contribution in [3.63, 3.8) is 0 Å². The largest absolute Gasteiger partial charge is 0.491 e. The van der Waals surface area contributed by atoms with Gasteiger partial charge in [0.25, 0.3) is 5.91 Å². The van der Waals surface area contributed by atoms with Gasteiger partial charge in [-0.2, -0.15) is 0 Å². The summed E-state index contributed by atoms with van der Waals surface area (Å²) in [6.07, 6.45) is 1.09. The van der Waals surface area contributed by atoms with Gasteiger partial charge in [-0.05, 0) is 74.4 Å². The van der Waals surface area contributed by atoms with Crippen LogP contribution in [0.1, 0.15) is 41.6 Å². The molecule has 0 aromatic heterocycles. The van der Waals surface area contributed by atoms with E-state index in [9.17, 15) is 28.4 Å². The smallest absolute Gasteiger partial charge is 0.258 e. The number of hydrogen-bond acceptors (Lipinski definition) is 7. The summed E-state index contributed by atoms with van der Waals surface area (Å²) in [7, 11) is 6.82. The van der Waals surface area contributed by atoms with Gasteiger partial charge < -0.3 is 35.0 Å². The summed E-state index contributed by atoms with van der Waals surface area (Å²) in [6.45, 7) is 1.05. The third kappa shape index (κ3) is 9.40. The van der Waals surface area contributed by atoms with Crippen LogP contribution in [0.25, 0.3) is 10.8 Å². The first-order valence-electron chi connectivity index (χ1n) is 17.3. The van der Waals surface area contributed by atoms with E-state index in [1.54, 1.807) is 4.90 Å². The summed E-state index contributed by atoms with van der Waals surface area (Å²) in [5.41, 5.74) is 0.803. The highest BCUT2D eigenvalue weighted by Crippen LogP contribution is 2.27. The molecule has 3 unspecified atom stereocenters. The van der Waals surface area contributed by atoms with Crippen molar-refractivity contribution < 1.29 is 33.1 Å². The summed E-state index contributed by atoms with van der Waals surface area (Å²) in [6, 6.07) is 15.3. The predicted molar refractivity (Wildman–Crippen MR) is 191 cm³/mol. The van der Waals surface area contributed by atoms with Crippen LogP contribution in [0.15, 0.2) is 60.7 Å². The van der Waals surface area contributed by atoms with Crippen molar-refractivity contribution in [3.8, 4) is 5.75 Å². The zero-order valence-corrected chi connectivity index (χ0v) is 29.7. The number of nitrogens with zero attached hydrogens (tertiary/aromatic N) is 4. The van der Waals surface area contributed by atoms with Crippen molar-refractivity contribution in [1.29, 1.82) is 0 Å². The van der Waals surface area contributed by atoms with Gasteiger partial charge in [0.05, 0.1) is 24.6 Å². The molecule has 272 valence electrons. The summed E-state index contributed by atoms with van der Waals surface area (Å²) < 4.78 is 20.7. The third-order valence-corrected chi connectivity index (χ3v) is 9.54. The van der Waals surface area contributed by atoms with Crippen LogP contribution in [0.2, 0.25) is 0 Å². The standard InChI is InChI=1S/C38H47FN6O6/c1-42(2)18-8-17-40-37(49)32-14-16-35(47)43(3)23-36(48)45-22-28(41-34(46)19-26-11-7-10-25-9-5-6-12-30(25)26)21-29(45)24-51-33-15-13-27(39)20-31(33)38(50)44(32)4/h5-7,9-13,15,20,28-29,32H,8,14,16-19,21-24H2,1-4H3,(H,40,49)(H,41,46). The third-order valence-electron chi connectivity index (χ3n) is 9.54. The molecule has 2 aliphatic rings. The SMILES string of the molecule is CN(C)CCCNC(=O)C1CCC(=O)N(C)CC(=O)N2CC(NC(=O)Cc3cccc4ccccc34)CC2COc2ccc(F)cc2C(=O)N1C. The van der Waals surface area contributed by atoms with Crippen molar-refractivity contribution >= 4 is 40.3 Å². The van der Waals surface area contributed by atoms with Crippen molar-refractivity contribution in [2.24, 2.45) is 0 Å². The number of ether oxygens (including phenoxy) is 1.